The molecule has 0 aromatic carbocycles. The molecule has 12 unspecified atom stereocenters. The van der Waals surface area contributed by atoms with Gasteiger partial charge >= 0.3 is 0 Å². The Bertz CT molecular complexity index is 1560. The molecule has 0 saturated carbocycles. The van der Waals surface area contributed by atoms with Crippen LogP contribution in [-0.2, 0) is 23.7 Å². The molecule has 2 aliphatic heterocycles. The van der Waals surface area contributed by atoms with E-state index >= 15 is 0 Å². The third-order valence-electron chi connectivity index (χ3n) is 15.5. The van der Waals surface area contributed by atoms with Gasteiger partial charge in [-0.3, -0.25) is 4.79 Å². The van der Waals surface area contributed by atoms with Gasteiger partial charge in [-0.2, -0.15) is 0 Å². The monoisotopic (exact) mass is 1120 g/mol. The lowest BCUT2D eigenvalue weighted by molar-refractivity contribution is -0.359. The summed E-state index contributed by atoms with van der Waals surface area (Å²) in [5, 5.41) is 87.3. The van der Waals surface area contributed by atoms with E-state index in [2.05, 4.69) is 79.9 Å². The van der Waals surface area contributed by atoms with Gasteiger partial charge in [0.2, 0.25) is 5.91 Å². The van der Waals surface area contributed by atoms with E-state index < -0.39 is 86.8 Å². The first-order valence-corrected chi connectivity index (χ1v) is 32.0. The second-order valence-corrected chi connectivity index (χ2v) is 22.5. The minimum atomic E-state index is -1.79. The van der Waals surface area contributed by atoms with Crippen LogP contribution in [0, 0.1) is 0 Å². The van der Waals surface area contributed by atoms with Crippen molar-refractivity contribution in [1.82, 2.24) is 5.32 Å². The van der Waals surface area contributed by atoms with E-state index in [9.17, 15) is 45.6 Å². The van der Waals surface area contributed by atoms with Crippen molar-refractivity contribution >= 4 is 5.91 Å². The van der Waals surface area contributed by atoms with Gasteiger partial charge in [0.15, 0.2) is 12.6 Å². The Balaban J connectivity index is 1.71. The minimum Gasteiger partial charge on any atom is -0.394 e. The van der Waals surface area contributed by atoms with Crippen LogP contribution >= 0.6 is 0 Å². The summed E-state index contributed by atoms with van der Waals surface area (Å²) in [6.45, 7) is 2.73. The lowest BCUT2D eigenvalue weighted by atomic mass is 9.97. The molecule has 14 nitrogen and oxygen atoms in total. The molecule has 1 amide bonds. The standard InChI is InChI=1S/C65H117NO13/c1-3-5-7-9-11-13-15-17-19-21-22-23-24-25-26-27-28-29-30-31-33-34-36-38-40-42-44-46-48-54(69)53(66-57(70)49-47-45-43-41-39-37-35-32-20-18-16-14-12-10-8-6-4-2)52-76-64-62(75)60(73)63(56(51-68)78-64)79-65-61(74)59(72)58(71)55(50-67)77-65/h6,8,12,14,18,20,35,37,41,43,53-56,58-65,67-69,71-75H,3-5,7,9-11,13,15-17,19,21-34,36,38-40,42,44-52H2,1-2H3,(H,66,70)/b8-6-,14-12-,20-18-,37-35-,43-41-. The molecule has 2 fully saturated rings. The maximum Gasteiger partial charge on any atom is 0.220 e. The quantitative estimate of drug-likeness (QED) is 0.0204. The van der Waals surface area contributed by atoms with Crippen LogP contribution in [0.4, 0.5) is 0 Å². The number of carbonyl (C=O) groups excluding carboxylic acids is 1. The Hall–Kier alpha value is -2.31. The van der Waals surface area contributed by atoms with E-state index in [1.165, 1.54) is 154 Å². The maximum atomic E-state index is 13.3. The predicted octanol–water partition coefficient (Wildman–Crippen LogP) is 11.7. The van der Waals surface area contributed by atoms with Crippen molar-refractivity contribution in [1.29, 1.82) is 0 Å². The number of unbranched alkanes of at least 4 members (excludes halogenated alkanes) is 28. The van der Waals surface area contributed by atoms with Crippen molar-refractivity contribution in [2.24, 2.45) is 0 Å². The molecule has 12 atom stereocenters. The molecule has 79 heavy (non-hydrogen) atoms. The summed E-state index contributed by atoms with van der Waals surface area (Å²) in [5.74, 6) is -0.262. The molecule has 0 radical (unpaired) electrons. The van der Waals surface area contributed by atoms with Crippen LogP contribution in [0.3, 0.4) is 0 Å². The van der Waals surface area contributed by atoms with Gasteiger partial charge < -0.3 is 65.1 Å². The highest BCUT2D eigenvalue weighted by Crippen LogP contribution is 2.30. The lowest BCUT2D eigenvalue weighted by Gasteiger charge is -2.46. The Morgan fingerprint density at radius 3 is 1.29 bits per heavy atom. The molecule has 0 aliphatic carbocycles. The fourth-order valence-corrected chi connectivity index (χ4v) is 10.4. The molecule has 0 aromatic rings. The SMILES string of the molecule is CC/C=C\C/C=C\C/C=C\C/C=C\C/C=C\CCCC(=O)NC(COC1OC(CO)C(OC2OC(CO)C(O)C(O)C2O)C(O)C1O)C(O)CCCCCCCCCCCCCCCCCCCCCCCCCCCCCC. The lowest BCUT2D eigenvalue weighted by Crippen LogP contribution is -2.65. The molecule has 2 aliphatic rings. The van der Waals surface area contributed by atoms with Crippen molar-refractivity contribution in [3.8, 4) is 0 Å². The van der Waals surface area contributed by atoms with E-state index in [4.69, 9.17) is 18.9 Å². The van der Waals surface area contributed by atoms with Crippen LogP contribution < -0.4 is 5.32 Å². The van der Waals surface area contributed by atoms with Crippen molar-refractivity contribution < 1.29 is 64.6 Å². The van der Waals surface area contributed by atoms with Crippen LogP contribution in [-0.4, -0.2) is 140 Å². The normalized spacial score (nSPS) is 24.8. The number of nitrogens with one attached hydrogen (secondary N) is 1. The van der Waals surface area contributed by atoms with Gasteiger partial charge in [-0.1, -0.05) is 254 Å². The number of aliphatic hydroxyl groups is 8. The first kappa shape index (κ1) is 72.8. The molecule has 9 N–H and O–H groups in total. The molecule has 14 heteroatoms. The van der Waals surface area contributed by atoms with Crippen LogP contribution in [0.2, 0.25) is 0 Å². The van der Waals surface area contributed by atoms with Crippen molar-refractivity contribution in [2.45, 2.75) is 325 Å². The smallest absolute Gasteiger partial charge is 0.220 e. The Morgan fingerprint density at radius 1 is 0.468 bits per heavy atom. The van der Waals surface area contributed by atoms with Gasteiger partial charge in [-0.05, 0) is 51.4 Å². The number of amides is 1. The summed E-state index contributed by atoms with van der Waals surface area (Å²) in [6, 6.07) is -0.862. The van der Waals surface area contributed by atoms with E-state index in [-0.39, 0.29) is 18.9 Å². The van der Waals surface area contributed by atoms with Crippen LogP contribution in [0.5, 0.6) is 0 Å². The number of hydrogen-bond donors (Lipinski definition) is 9. The van der Waals surface area contributed by atoms with Gasteiger partial charge in [0.1, 0.15) is 48.8 Å². The minimum absolute atomic E-state index is 0.224. The zero-order valence-corrected chi connectivity index (χ0v) is 49.6. The molecule has 0 spiro atoms. The number of rotatable bonds is 51. The molecular weight excluding hydrogens is 1000 g/mol. The van der Waals surface area contributed by atoms with Gasteiger partial charge in [-0.25, -0.2) is 0 Å². The highest BCUT2D eigenvalue weighted by atomic mass is 16.7. The highest BCUT2D eigenvalue weighted by molar-refractivity contribution is 5.76. The summed E-state index contributed by atoms with van der Waals surface area (Å²) >= 11 is 0. The van der Waals surface area contributed by atoms with Gasteiger partial charge in [0.05, 0.1) is 32.0 Å². The number of ether oxygens (including phenoxy) is 4. The highest BCUT2D eigenvalue weighted by Gasteiger charge is 2.51. The average molecular weight is 1120 g/mol. The predicted molar refractivity (Wildman–Crippen MR) is 318 cm³/mol. The molecule has 460 valence electrons. The third kappa shape index (κ3) is 35.4. The van der Waals surface area contributed by atoms with E-state index in [1.807, 2.05) is 0 Å². The van der Waals surface area contributed by atoms with Crippen molar-refractivity contribution in [2.75, 3.05) is 19.8 Å². The van der Waals surface area contributed by atoms with Crippen LogP contribution in [0.25, 0.3) is 0 Å². The summed E-state index contributed by atoms with van der Waals surface area (Å²) in [4.78, 5) is 13.3. The first-order valence-electron chi connectivity index (χ1n) is 32.0. The first-order chi connectivity index (χ1) is 38.6. The topological polar surface area (TPSA) is 228 Å². The second-order valence-electron chi connectivity index (χ2n) is 22.5. The molecule has 0 aromatic heterocycles. The van der Waals surface area contributed by atoms with Gasteiger partial charge in [0.25, 0.3) is 0 Å². The summed E-state index contributed by atoms with van der Waals surface area (Å²) in [5.41, 5.74) is 0. The zero-order valence-electron chi connectivity index (χ0n) is 49.6. The maximum absolute atomic E-state index is 13.3. The molecule has 2 saturated heterocycles. The molecular formula is C65H117NO13. The Labute approximate surface area is 479 Å². The molecule has 2 rings (SSSR count). The number of hydrogen-bond acceptors (Lipinski definition) is 13. The Morgan fingerprint density at radius 2 is 0.861 bits per heavy atom. The van der Waals surface area contributed by atoms with Crippen molar-refractivity contribution in [3.63, 3.8) is 0 Å². The largest absolute Gasteiger partial charge is 0.394 e. The molecule has 2 heterocycles. The fraction of sp³-hybridized carbons (Fsp3) is 0.831. The van der Waals surface area contributed by atoms with Gasteiger partial charge in [-0.15, -0.1) is 0 Å². The van der Waals surface area contributed by atoms with E-state index in [0.29, 0.717) is 19.3 Å². The summed E-state index contributed by atoms with van der Waals surface area (Å²) in [6.07, 6.45) is 48.2. The third-order valence-corrected chi connectivity index (χ3v) is 15.5. The number of carbonyl (C=O) groups is 1. The fourth-order valence-electron chi connectivity index (χ4n) is 10.4. The Kier molecular flexibility index (Phi) is 46.3. The van der Waals surface area contributed by atoms with Crippen molar-refractivity contribution in [3.05, 3.63) is 60.8 Å². The zero-order chi connectivity index (χ0) is 57.4. The second kappa shape index (κ2) is 50.2. The van der Waals surface area contributed by atoms with E-state index in [0.717, 1.165) is 57.8 Å². The van der Waals surface area contributed by atoms with Crippen LogP contribution in [0.1, 0.15) is 251 Å². The van der Waals surface area contributed by atoms with E-state index in [1.54, 1.807) is 0 Å². The number of aliphatic hydroxyl groups excluding tert-OH is 8. The molecule has 0 bridgehead atoms. The van der Waals surface area contributed by atoms with Gasteiger partial charge in [0, 0.05) is 6.42 Å². The van der Waals surface area contributed by atoms with Crippen LogP contribution in [0.15, 0.2) is 60.8 Å². The summed E-state index contributed by atoms with van der Waals surface area (Å²) < 4.78 is 22.8. The number of allylic oxidation sites excluding steroid dienone is 10. The average Bonchev–Trinajstić information content (AvgIpc) is 3.47. The summed E-state index contributed by atoms with van der Waals surface area (Å²) in [7, 11) is 0.